The summed E-state index contributed by atoms with van der Waals surface area (Å²) >= 11 is -1.41. The van der Waals surface area contributed by atoms with Gasteiger partial charge in [-0.1, -0.05) is 0 Å². The number of amides is 1. The molecule has 0 aromatic carbocycles. The highest BCUT2D eigenvalue weighted by Gasteiger charge is 2.42. The first-order valence-electron chi connectivity index (χ1n) is 7.92. The largest absolute Gasteiger partial charge is 0.595 e. The van der Waals surface area contributed by atoms with Crippen LogP contribution in [0.5, 0.6) is 0 Å². The monoisotopic (exact) mass is 332 g/mol. The van der Waals surface area contributed by atoms with Gasteiger partial charge in [-0.05, 0) is 58.3 Å². The van der Waals surface area contributed by atoms with Crippen molar-refractivity contribution in [2.75, 3.05) is 20.2 Å². The molecule has 128 valence electrons. The van der Waals surface area contributed by atoms with Crippen LogP contribution in [0.3, 0.4) is 0 Å². The summed E-state index contributed by atoms with van der Waals surface area (Å²) < 4.78 is 16.8. The van der Waals surface area contributed by atoms with Crippen LogP contribution in [0.25, 0.3) is 0 Å². The molecule has 2 rings (SSSR count). The van der Waals surface area contributed by atoms with Crippen molar-refractivity contribution in [3.63, 3.8) is 0 Å². The molecular weight excluding hydrogens is 304 g/mol. The third-order valence-corrected chi connectivity index (χ3v) is 6.18. The number of likely N-dealkylation sites (tertiary alicyclic amines) is 1. The van der Waals surface area contributed by atoms with Gasteiger partial charge in [0.25, 0.3) is 0 Å². The van der Waals surface area contributed by atoms with Crippen LogP contribution in [0, 0.1) is 5.41 Å². The number of carbonyl (C=O) groups excluding carboxylic acids is 1. The van der Waals surface area contributed by atoms with Crippen LogP contribution in [0.1, 0.15) is 52.9 Å². The second kappa shape index (κ2) is 6.95. The minimum Gasteiger partial charge on any atom is -0.595 e. The Morgan fingerprint density at radius 1 is 1.32 bits per heavy atom. The van der Waals surface area contributed by atoms with Crippen LogP contribution in [0.15, 0.2) is 0 Å². The molecule has 1 spiro atoms. The lowest BCUT2D eigenvalue weighted by Crippen LogP contribution is -2.47. The average Bonchev–Trinajstić information content (AvgIpc) is 2.87. The smallest absolute Gasteiger partial charge is 0.432 e. The molecule has 7 heteroatoms. The van der Waals surface area contributed by atoms with Crippen LogP contribution in [0.4, 0.5) is 4.79 Å². The van der Waals surface area contributed by atoms with E-state index in [2.05, 4.69) is 4.89 Å². The van der Waals surface area contributed by atoms with Gasteiger partial charge >= 0.3 is 6.09 Å². The third kappa shape index (κ3) is 4.28. The number of hydrogen-bond donors (Lipinski definition) is 1. The first-order valence-corrected chi connectivity index (χ1v) is 9.07. The van der Waals surface area contributed by atoms with E-state index in [0.717, 1.165) is 25.7 Å². The maximum absolute atomic E-state index is 12.0. The molecule has 1 aliphatic carbocycles. The molecule has 2 fully saturated rings. The van der Waals surface area contributed by atoms with Gasteiger partial charge in [-0.2, -0.15) is 0 Å². The summed E-state index contributed by atoms with van der Waals surface area (Å²) in [5.74, 6) is 0. The average molecular weight is 332 g/mol. The van der Waals surface area contributed by atoms with E-state index in [1.54, 1.807) is 12.0 Å². The Morgan fingerprint density at radius 2 is 1.95 bits per heavy atom. The van der Waals surface area contributed by atoms with Crippen LogP contribution < -0.4 is 4.89 Å². The first-order chi connectivity index (χ1) is 10.3. The van der Waals surface area contributed by atoms with Crippen molar-refractivity contribution in [2.45, 2.75) is 63.7 Å². The maximum Gasteiger partial charge on any atom is 0.432 e. The molecule has 0 aromatic rings. The van der Waals surface area contributed by atoms with Crippen LogP contribution >= 0.6 is 0 Å². The van der Waals surface area contributed by atoms with E-state index in [1.165, 1.54) is 6.42 Å². The molecule has 6 nitrogen and oxygen atoms in total. The van der Waals surface area contributed by atoms with E-state index in [-0.39, 0.29) is 0 Å². The minimum atomic E-state index is -1.41. The fourth-order valence-corrected chi connectivity index (χ4v) is 3.63. The molecule has 1 unspecified atom stereocenters. The Bertz CT molecular complexity index is 391. The van der Waals surface area contributed by atoms with Crippen molar-refractivity contribution >= 4 is 17.5 Å². The van der Waals surface area contributed by atoms with Gasteiger partial charge in [0.1, 0.15) is 4.75 Å². The number of ether oxygens (including phenoxy) is 1. The number of hydrogen-bond acceptors (Lipinski definition) is 5. The summed E-state index contributed by atoms with van der Waals surface area (Å²) in [6.45, 7) is 6.85. The highest BCUT2D eigenvalue weighted by Crippen LogP contribution is 2.47. The standard InChI is InChI=1S/C15H28N2O4S/c1-14(2,3)22(19)16-21-13(18)17-9-7-15(8-10-17)6-5-12(11-15)20-4/h12,16H,5-11H2,1-4H3/t12?,22-/m1/s1. The van der Waals surface area contributed by atoms with Crippen LogP contribution in [-0.2, 0) is 20.9 Å². The molecule has 0 aromatic heterocycles. The highest BCUT2D eigenvalue weighted by atomic mass is 32.2. The summed E-state index contributed by atoms with van der Waals surface area (Å²) in [6.07, 6.45) is 5.31. The zero-order chi connectivity index (χ0) is 16.4. The van der Waals surface area contributed by atoms with Gasteiger partial charge < -0.3 is 19.0 Å². The lowest BCUT2D eigenvalue weighted by Gasteiger charge is -2.38. The van der Waals surface area contributed by atoms with Gasteiger partial charge in [-0.15, -0.1) is 0 Å². The molecule has 1 heterocycles. The summed E-state index contributed by atoms with van der Waals surface area (Å²) in [6, 6.07) is 0. The minimum absolute atomic E-state index is 0.332. The van der Waals surface area contributed by atoms with Crippen molar-refractivity contribution in [2.24, 2.45) is 5.41 Å². The Balaban J connectivity index is 1.76. The lowest BCUT2D eigenvalue weighted by atomic mass is 9.77. The summed E-state index contributed by atoms with van der Waals surface area (Å²) in [7, 11) is 1.77. The van der Waals surface area contributed by atoms with Gasteiger partial charge in [0.15, 0.2) is 0 Å². The molecule has 1 saturated carbocycles. The zero-order valence-corrected chi connectivity index (χ0v) is 14.8. The molecule has 1 aliphatic heterocycles. The van der Waals surface area contributed by atoms with Gasteiger partial charge in [0, 0.05) is 25.1 Å². The first kappa shape index (κ1) is 17.8. The number of nitrogens with one attached hydrogen (secondary N) is 1. The van der Waals surface area contributed by atoms with Crippen molar-refractivity contribution in [3.05, 3.63) is 0 Å². The Morgan fingerprint density at radius 3 is 2.45 bits per heavy atom. The van der Waals surface area contributed by atoms with Gasteiger partial charge in [-0.25, -0.2) is 4.79 Å². The second-order valence-corrected chi connectivity index (χ2v) is 9.35. The molecular formula is C15H28N2O4S. The van der Waals surface area contributed by atoms with Gasteiger partial charge in [0.05, 0.1) is 17.5 Å². The maximum atomic E-state index is 12.0. The van der Waals surface area contributed by atoms with Crippen LogP contribution in [0.2, 0.25) is 0 Å². The molecule has 22 heavy (non-hydrogen) atoms. The molecule has 0 radical (unpaired) electrons. The normalized spacial score (nSPS) is 26.2. The van der Waals surface area contributed by atoms with E-state index >= 15 is 0 Å². The Labute approximate surface area is 136 Å². The van der Waals surface area contributed by atoms with Crippen molar-refractivity contribution in [1.82, 2.24) is 9.79 Å². The van der Waals surface area contributed by atoms with Crippen molar-refractivity contribution in [3.8, 4) is 0 Å². The second-order valence-electron chi connectivity index (χ2n) is 7.42. The number of nitrogens with zero attached hydrogens (tertiary/aromatic N) is 1. The SMILES string of the molecule is COC1CCC2(CCN(C(=O)ON[S@+]([O-])C(C)(C)C)CC2)C1. The van der Waals surface area contributed by atoms with E-state index in [0.29, 0.717) is 24.6 Å². The molecule has 0 bridgehead atoms. The van der Waals surface area contributed by atoms with Crippen molar-refractivity contribution < 1.29 is 18.9 Å². The predicted octanol–water partition coefficient (Wildman–Crippen LogP) is 2.37. The molecule has 1 amide bonds. The van der Waals surface area contributed by atoms with E-state index in [9.17, 15) is 9.35 Å². The summed E-state index contributed by atoms with van der Waals surface area (Å²) in [4.78, 5) is 21.1. The lowest BCUT2D eigenvalue weighted by molar-refractivity contribution is 0.0443. The highest BCUT2D eigenvalue weighted by molar-refractivity contribution is 7.90. The molecule has 1 saturated heterocycles. The van der Waals surface area contributed by atoms with Gasteiger partial charge in [-0.3, -0.25) is 0 Å². The van der Waals surface area contributed by atoms with E-state index in [4.69, 9.17) is 9.57 Å². The number of methoxy groups -OCH3 is 1. The van der Waals surface area contributed by atoms with Crippen molar-refractivity contribution in [1.29, 1.82) is 0 Å². The van der Waals surface area contributed by atoms with E-state index in [1.807, 2.05) is 20.8 Å². The van der Waals surface area contributed by atoms with Crippen LogP contribution in [-0.4, -0.2) is 46.6 Å². The quantitative estimate of drug-likeness (QED) is 0.634. The zero-order valence-electron chi connectivity index (χ0n) is 14.0. The third-order valence-electron chi connectivity index (χ3n) is 4.83. The molecule has 2 aliphatic rings. The number of rotatable bonds is 3. The number of piperidine rings is 1. The molecule has 2 atom stereocenters. The van der Waals surface area contributed by atoms with Gasteiger partial charge in [0.2, 0.25) is 0 Å². The number of carbonyl (C=O) groups is 1. The topological polar surface area (TPSA) is 73.9 Å². The molecule has 1 N–H and O–H groups in total. The predicted molar refractivity (Wildman–Crippen MR) is 85.4 cm³/mol. The summed E-state index contributed by atoms with van der Waals surface area (Å²) in [5.41, 5.74) is 0.332. The fraction of sp³-hybridized carbons (Fsp3) is 0.933. The Hall–Kier alpha value is -0.500. The van der Waals surface area contributed by atoms with E-state index < -0.39 is 22.2 Å². The summed E-state index contributed by atoms with van der Waals surface area (Å²) in [5, 5.41) is 0. The Kier molecular flexibility index (Phi) is 5.63. The fourth-order valence-electron chi connectivity index (χ4n) is 3.24.